The van der Waals surface area contributed by atoms with Gasteiger partial charge in [-0.1, -0.05) is 27.7 Å². The van der Waals surface area contributed by atoms with Crippen LogP contribution in [0.5, 0.6) is 0 Å². The first kappa shape index (κ1) is 15.8. The Bertz CT molecular complexity index is 425. The van der Waals surface area contributed by atoms with Crippen LogP contribution in [0.2, 0.25) is 0 Å². The Morgan fingerprint density at radius 3 is 2.50 bits per heavy atom. The third kappa shape index (κ3) is 3.73. The summed E-state index contributed by atoms with van der Waals surface area (Å²) in [5.74, 6) is 0.848. The van der Waals surface area contributed by atoms with Crippen molar-refractivity contribution >= 4 is 16.5 Å². The van der Waals surface area contributed by atoms with Crippen molar-refractivity contribution in [2.24, 2.45) is 11.3 Å². The van der Waals surface area contributed by atoms with Crippen LogP contribution in [-0.2, 0) is 6.54 Å². The van der Waals surface area contributed by atoms with Gasteiger partial charge in [-0.15, -0.1) is 11.3 Å². The number of anilines is 1. The summed E-state index contributed by atoms with van der Waals surface area (Å²) in [5.41, 5.74) is 1.64. The molecule has 0 spiro atoms. The van der Waals surface area contributed by atoms with Gasteiger partial charge in [-0.25, -0.2) is 4.98 Å². The van der Waals surface area contributed by atoms with Crippen LogP contribution in [0.15, 0.2) is 0 Å². The van der Waals surface area contributed by atoms with Crippen molar-refractivity contribution < 1.29 is 0 Å². The number of hydrogen-bond donors (Lipinski definition) is 1. The first-order valence-electron chi connectivity index (χ1n) is 7.83. The quantitative estimate of drug-likeness (QED) is 0.915. The van der Waals surface area contributed by atoms with E-state index in [1.54, 1.807) is 0 Å². The van der Waals surface area contributed by atoms with Gasteiger partial charge in [0.25, 0.3) is 0 Å². The average molecular weight is 295 g/mol. The highest BCUT2D eigenvalue weighted by Gasteiger charge is 2.29. The summed E-state index contributed by atoms with van der Waals surface area (Å²) in [6.07, 6.45) is 2.59. The lowest BCUT2D eigenvalue weighted by molar-refractivity contribution is 0.199. The van der Waals surface area contributed by atoms with Crippen molar-refractivity contribution in [2.75, 3.05) is 24.5 Å². The molecule has 0 atom stereocenters. The molecule has 2 rings (SSSR count). The zero-order chi connectivity index (χ0) is 14.8. The number of aryl methyl sites for hydroxylation is 1. The summed E-state index contributed by atoms with van der Waals surface area (Å²) in [4.78, 5) is 8.65. The average Bonchev–Trinajstić information content (AvgIpc) is 2.77. The molecule has 0 unspecified atom stereocenters. The molecule has 1 aromatic heterocycles. The SMILES string of the molecule is CCNCc1sc(N2CCC(C(C)(C)C)CC2)nc1C. The van der Waals surface area contributed by atoms with Crippen molar-refractivity contribution in [1.82, 2.24) is 10.3 Å². The standard InChI is InChI=1S/C16H29N3S/c1-6-17-11-14-12(2)18-15(20-14)19-9-7-13(8-10-19)16(3,4)5/h13,17H,6-11H2,1-5H3. The van der Waals surface area contributed by atoms with Gasteiger partial charge < -0.3 is 10.2 Å². The van der Waals surface area contributed by atoms with Crippen LogP contribution in [0.1, 0.15) is 51.1 Å². The summed E-state index contributed by atoms with van der Waals surface area (Å²) in [7, 11) is 0. The molecule has 1 aromatic rings. The van der Waals surface area contributed by atoms with E-state index in [2.05, 4.69) is 44.8 Å². The Kier molecular flexibility index (Phi) is 5.08. The van der Waals surface area contributed by atoms with E-state index in [4.69, 9.17) is 4.98 Å². The second-order valence-corrected chi connectivity index (χ2v) is 7.97. The zero-order valence-electron chi connectivity index (χ0n) is 13.6. The molecule has 4 heteroatoms. The molecular weight excluding hydrogens is 266 g/mol. The van der Waals surface area contributed by atoms with Crippen molar-refractivity contribution in [2.45, 2.75) is 54.0 Å². The largest absolute Gasteiger partial charge is 0.348 e. The molecule has 1 N–H and O–H groups in total. The number of thiazole rings is 1. The third-order valence-corrected chi connectivity index (χ3v) is 5.63. The molecule has 2 heterocycles. The molecule has 1 fully saturated rings. The Labute approximate surface area is 127 Å². The van der Waals surface area contributed by atoms with Gasteiger partial charge in [0.1, 0.15) is 0 Å². The van der Waals surface area contributed by atoms with Crippen molar-refractivity contribution in [3.05, 3.63) is 10.6 Å². The zero-order valence-corrected chi connectivity index (χ0v) is 14.4. The van der Waals surface area contributed by atoms with Gasteiger partial charge in [0.05, 0.1) is 5.69 Å². The Balaban J connectivity index is 1.97. The predicted octanol–water partition coefficient (Wildman–Crippen LogP) is 3.82. The van der Waals surface area contributed by atoms with Gasteiger partial charge in [0.15, 0.2) is 5.13 Å². The van der Waals surface area contributed by atoms with Crippen LogP contribution in [0.4, 0.5) is 5.13 Å². The van der Waals surface area contributed by atoms with Gasteiger partial charge in [-0.2, -0.15) is 0 Å². The van der Waals surface area contributed by atoms with Gasteiger partial charge >= 0.3 is 0 Å². The van der Waals surface area contributed by atoms with E-state index in [9.17, 15) is 0 Å². The lowest BCUT2D eigenvalue weighted by Crippen LogP contribution is -2.37. The third-order valence-electron chi connectivity index (χ3n) is 4.41. The van der Waals surface area contributed by atoms with E-state index in [1.807, 2.05) is 11.3 Å². The minimum absolute atomic E-state index is 0.446. The Morgan fingerprint density at radius 2 is 1.95 bits per heavy atom. The van der Waals surface area contributed by atoms with Crippen LogP contribution in [0.3, 0.4) is 0 Å². The molecule has 0 radical (unpaired) electrons. The number of rotatable bonds is 4. The van der Waals surface area contributed by atoms with Crippen molar-refractivity contribution in [3.63, 3.8) is 0 Å². The van der Waals surface area contributed by atoms with Crippen molar-refractivity contribution in [3.8, 4) is 0 Å². The van der Waals surface area contributed by atoms with Crippen LogP contribution in [-0.4, -0.2) is 24.6 Å². The first-order chi connectivity index (χ1) is 9.41. The van der Waals surface area contributed by atoms with Crippen LogP contribution in [0, 0.1) is 18.3 Å². The fourth-order valence-corrected chi connectivity index (χ4v) is 3.97. The van der Waals surface area contributed by atoms with E-state index >= 15 is 0 Å². The molecule has 1 aliphatic heterocycles. The van der Waals surface area contributed by atoms with Crippen molar-refractivity contribution in [1.29, 1.82) is 0 Å². The minimum atomic E-state index is 0.446. The Morgan fingerprint density at radius 1 is 1.30 bits per heavy atom. The minimum Gasteiger partial charge on any atom is -0.348 e. The summed E-state index contributed by atoms with van der Waals surface area (Å²) in [5, 5.41) is 4.63. The smallest absolute Gasteiger partial charge is 0.185 e. The summed E-state index contributed by atoms with van der Waals surface area (Å²) in [6.45, 7) is 15.7. The molecule has 1 saturated heterocycles. The van der Waals surface area contributed by atoms with Crippen LogP contribution >= 0.6 is 11.3 Å². The molecule has 0 aliphatic carbocycles. The van der Waals surface area contributed by atoms with Gasteiger partial charge in [-0.3, -0.25) is 0 Å². The lowest BCUT2D eigenvalue weighted by Gasteiger charge is -2.38. The highest BCUT2D eigenvalue weighted by Crippen LogP contribution is 2.36. The van der Waals surface area contributed by atoms with Crippen LogP contribution < -0.4 is 10.2 Å². The predicted molar refractivity (Wildman–Crippen MR) is 88.6 cm³/mol. The molecule has 0 bridgehead atoms. The molecule has 0 aromatic carbocycles. The number of aromatic nitrogens is 1. The molecule has 20 heavy (non-hydrogen) atoms. The monoisotopic (exact) mass is 295 g/mol. The molecule has 0 amide bonds. The van der Waals surface area contributed by atoms with Gasteiger partial charge in [0, 0.05) is 24.5 Å². The fourth-order valence-electron chi connectivity index (χ4n) is 2.89. The van der Waals surface area contributed by atoms with E-state index in [0.717, 1.165) is 32.1 Å². The van der Waals surface area contributed by atoms with E-state index in [0.29, 0.717) is 5.41 Å². The van der Waals surface area contributed by atoms with E-state index < -0.39 is 0 Å². The maximum Gasteiger partial charge on any atom is 0.185 e. The highest BCUT2D eigenvalue weighted by molar-refractivity contribution is 7.15. The summed E-state index contributed by atoms with van der Waals surface area (Å²) in [6, 6.07) is 0. The number of piperidine rings is 1. The normalized spacial score (nSPS) is 17.8. The molecule has 3 nitrogen and oxygen atoms in total. The first-order valence-corrected chi connectivity index (χ1v) is 8.65. The molecule has 114 valence electrons. The number of hydrogen-bond acceptors (Lipinski definition) is 4. The van der Waals surface area contributed by atoms with E-state index in [1.165, 1.54) is 28.5 Å². The molecular formula is C16H29N3S. The second-order valence-electron chi connectivity index (χ2n) is 6.91. The fraction of sp³-hybridized carbons (Fsp3) is 0.812. The van der Waals surface area contributed by atoms with Gasteiger partial charge in [0.2, 0.25) is 0 Å². The van der Waals surface area contributed by atoms with Gasteiger partial charge in [-0.05, 0) is 37.6 Å². The summed E-state index contributed by atoms with van der Waals surface area (Å²) < 4.78 is 0. The second kappa shape index (κ2) is 6.44. The highest BCUT2D eigenvalue weighted by atomic mass is 32.1. The number of nitrogens with zero attached hydrogens (tertiary/aromatic N) is 2. The number of nitrogens with one attached hydrogen (secondary N) is 1. The molecule has 1 aliphatic rings. The molecule has 0 saturated carbocycles. The maximum atomic E-state index is 4.78. The Hall–Kier alpha value is -0.610. The topological polar surface area (TPSA) is 28.2 Å². The maximum absolute atomic E-state index is 4.78. The summed E-state index contributed by atoms with van der Waals surface area (Å²) >= 11 is 1.87. The van der Waals surface area contributed by atoms with E-state index in [-0.39, 0.29) is 0 Å². The lowest BCUT2D eigenvalue weighted by atomic mass is 9.75. The van der Waals surface area contributed by atoms with Crippen LogP contribution in [0.25, 0.3) is 0 Å².